The molecule has 0 bridgehead atoms. The third-order valence-corrected chi connectivity index (χ3v) is 4.14. The average Bonchev–Trinajstić information content (AvgIpc) is 3.11. The lowest BCUT2D eigenvalue weighted by Gasteiger charge is -2.07. The molecule has 0 aliphatic rings. The van der Waals surface area contributed by atoms with E-state index in [1.54, 1.807) is 37.3 Å². The van der Waals surface area contributed by atoms with Crippen LogP contribution in [0.1, 0.15) is 17.3 Å². The second kappa shape index (κ2) is 9.61. The summed E-state index contributed by atoms with van der Waals surface area (Å²) >= 11 is 5.23. The number of carbonyl (C=O) groups excluding carboxylic acids is 2. The van der Waals surface area contributed by atoms with Gasteiger partial charge in [-0.15, -0.1) is 0 Å². The molecule has 1 amide bonds. The van der Waals surface area contributed by atoms with Gasteiger partial charge < -0.3 is 10.1 Å². The zero-order chi connectivity index (χ0) is 20.6. The van der Waals surface area contributed by atoms with Gasteiger partial charge in [-0.1, -0.05) is 48.5 Å². The molecule has 148 valence electrons. The maximum atomic E-state index is 12.2. The molecule has 0 aliphatic carbocycles. The van der Waals surface area contributed by atoms with Crippen LogP contribution in [-0.4, -0.2) is 33.4 Å². The summed E-state index contributed by atoms with van der Waals surface area (Å²) in [4.78, 5) is 24.2. The van der Waals surface area contributed by atoms with Crippen molar-refractivity contribution in [3.63, 3.8) is 0 Å². The maximum absolute atomic E-state index is 12.2. The fourth-order valence-electron chi connectivity index (χ4n) is 2.68. The van der Waals surface area contributed by atoms with Crippen molar-refractivity contribution in [1.29, 1.82) is 0 Å². The van der Waals surface area contributed by atoms with Gasteiger partial charge in [0.15, 0.2) is 10.9 Å². The molecule has 0 spiro atoms. The lowest BCUT2D eigenvalue weighted by molar-refractivity contribution is -0.144. The molecule has 7 nitrogen and oxygen atoms in total. The number of thiocarbonyl (C=S) groups is 1. The SMILES string of the molecule is CCOC(=O)Cn1nc(NC(=S)NC(=O)c2ccccc2)cc1-c1ccccc1. The number of ether oxygens (including phenoxy) is 1. The van der Waals surface area contributed by atoms with Gasteiger partial charge in [0.25, 0.3) is 5.91 Å². The number of rotatable bonds is 6. The van der Waals surface area contributed by atoms with E-state index in [2.05, 4.69) is 15.7 Å². The Morgan fingerprint density at radius 1 is 1.07 bits per heavy atom. The lowest BCUT2D eigenvalue weighted by atomic mass is 10.1. The van der Waals surface area contributed by atoms with Crippen LogP contribution in [0.4, 0.5) is 5.82 Å². The highest BCUT2D eigenvalue weighted by atomic mass is 32.1. The first kappa shape index (κ1) is 20.2. The van der Waals surface area contributed by atoms with Crippen molar-refractivity contribution in [3.8, 4) is 11.3 Å². The number of aromatic nitrogens is 2. The summed E-state index contributed by atoms with van der Waals surface area (Å²) in [7, 11) is 0. The van der Waals surface area contributed by atoms with Crippen LogP contribution in [0.3, 0.4) is 0 Å². The fraction of sp³-hybridized carbons (Fsp3) is 0.143. The second-order valence-electron chi connectivity index (χ2n) is 6.02. The third-order valence-electron chi connectivity index (χ3n) is 3.94. The zero-order valence-electron chi connectivity index (χ0n) is 15.8. The minimum atomic E-state index is -0.390. The van der Waals surface area contributed by atoms with Crippen LogP contribution in [0.25, 0.3) is 11.3 Å². The number of nitrogens with one attached hydrogen (secondary N) is 2. The molecule has 3 rings (SSSR count). The highest BCUT2D eigenvalue weighted by molar-refractivity contribution is 7.80. The van der Waals surface area contributed by atoms with Crippen molar-refractivity contribution in [1.82, 2.24) is 15.1 Å². The monoisotopic (exact) mass is 408 g/mol. The molecule has 29 heavy (non-hydrogen) atoms. The molecular weight excluding hydrogens is 388 g/mol. The van der Waals surface area contributed by atoms with Gasteiger partial charge in [-0.2, -0.15) is 5.10 Å². The van der Waals surface area contributed by atoms with Gasteiger partial charge in [-0.3, -0.25) is 19.6 Å². The largest absolute Gasteiger partial charge is 0.465 e. The van der Waals surface area contributed by atoms with Crippen molar-refractivity contribution in [2.45, 2.75) is 13.5 Å². The molecule has 0 saturated carbocycles. The first-order chi connectivity index (χ1) is 14.1. The van der Waals surface area contributed by atoms with Crippen LogP contribution in [0.15, 0.2) is 66.7 Å². The van der Waals surface area contributed by atoms with Crippen LogP contribution in [0, 0.1) is 0 Å². The van der Waals surface area contributed by atoms with Crippen molar-refractivity contribution >= 4 is 35.0 Å². The Morgan fingerprint density at radius 2 is 1.72 bits per heavy atom. The summed E-state index contributed by atoms with van der Waals surface area (Å²) < 4.78 is 6.56. The van der Waals surface area contributed by atoms with E-state index in [1.807, 2.05) is 36.4 Å². The summed E-state index contributed by atoms with van der Waals surface area (Å²) in [5, 5.41) is 10.0. The number of hydrogen-bond acceptors (Lipinski definition) is 5. The predicted molar refractivity (Wildman–Crippen MR) is 114 cm³/mol. The van der Waals surface area contributed by atoms with Crippen LogP contribution in [0.2, 0.25) is 0 Å². The summed E-state index contributed by atoms with van der Waals surface area (Å²) in [5.74, 6) is -0.303. The highest BCUT2D eigenvalue weighted by Crippen LogP contribution is 2.22. The van der Waals surface area contributed by atoms with E-state index in [4.69, 9.17) is 17.0 Å². The quantitative estimate of drug-likeness (QED) is 0.481. The number of amides is 1. The normalized spacial score (nSPS) is 10.2. The molecule has 0 unspecified atom stereocenters. The molecule has 1 aromatic heterocycles. The molecule has 0 fully saturated rings. The summed E-state index contributed by atoms with van der Waals surface area (Å²) in [6.45, 7) is 2.00. The number of nitrogens with zero attached hydrogens (tertiary/aromatic N) is 2. The van der Waals surface area contributed by atoms with Gasteiger partial charge in [0, 0.05) is 11.6 Å². The van der Waals surface area contributed by atoms with Gasteiger partial charge in [0.2, 0.25) is 0 Å². The Balaban J connectivity index is 1.76. The summed E-state index contributed by atoms with van der Waals surface area (Å²) in [6.07, 6.45) is 0. The third kappa shape index (κ3) is 5.49. The van der Waals surface area contributed by atoms with Crippen LogP contribution >= 0.6 is 12.2 Å². The van der Waals surface area contributed by atoms with Crippen molar-refractivity contribution in [3.05, 3.63) is 72.3 Å². The molecule has 0 atom stereocenters. The summed E-state index contributed by atoms with van der Waals surface area (Å²) in [6, 6.07) is 20.1. The van der Waals surface area contributed by atoms with Crippen molar-refractivity contribution < 1.29 is 14.3 Å². The molecular formula is C21H20N4O3S. The van der Waals surface area contributed by atoms with Gasteiger partial charge in [-0.25, -0.2) is 0 Å². The number of carbonyl (C=O) groups is 2. The molecule has 0 radical (unpaired) electrons. The highest BCUT2D eigenvalue weighted by Gasteiger charge is 2.15. The average molecular weight is 408 g/mol. The van der Waals surface area contributed by atoms with Gasteiger partial charge >= 0.3 is 5.97 Å². The minimum Gasteiger partial charge on any atom is -0.465 e. The minimum absolute atomic E-state index is 0.0388. The van der Waals surface area contributed by atoms with Crippen LogP contribution in [-0.2, 0) is 16.1 Å². The van der Waals surface area contributed by atoms with E-state index in [0.717, 1.165) is 11.3 Å². The summed E-state index contributed by atoms with van der Waals surface area (Å²) in [5.41, 5.74) is 2.10. The molecule has 1 heterocycles. The lowest BCUT2D eigenvalue weighted by Crippen LogP contribution is -2.34. The predicted octanol–water partition coefficient (Wildman–Crippen LogP) is 3.24. The van der Waals surface area contributed by atoms with E-state index in [-0.39, 0.29) is 23.5 Å². The topological polar surface area (TPSA) is 85.2 Å². The Labute approximate surface area is 173 Å². The van der Waals surface area contributed by atoms with E-state index >= 15 is 0 Å². The Bertz CT molecular complexity index is 1000. The maximum Gasteiger partial charge on any atom is 0.327 e. The number of benzene rings is 2. The number of anilines is 1. The van der Waals surface area contributed by atoms with E-state index in [1.165, 1.54) is 4.68 Å². The number of esters is 1. The fourth-order valence-corrected chi connectivity index (χ4v) is 2.88. The molecule has 3 aromatic rings. The molecule has 2 N–H and O–H groups in total. The van der Waals surface area contributed by atoms with Gasteiger partial charge in [0.1, 0.15) is 6.54 Å². The van der Waals surface area contributed by atoms with Crippen molar-refractivity contribution in [2.75, 3.05) is 11.9 Å². The van der Waals surface area contributed by atoms with E-state index in [9.17, 15) is 9.59 Å². The Hall–Kier alpha value is -3.52. The van der Waals surface area contributed by atoms with E-state index in [0.29, 0.717) is 18.0 Å². The number of hydrogen-bond donors (Lipinski definition) is 2. The molecule has 2 aromatic carbocycles. The van der Waals surface area contributed by atoms with Crippen molar-refractivity contribution in [2.24, 2.45) is 0 Å². The van der Waals surface area contributed by atoms with Gasteiger partial charge in [-0.05, 0) is 36.8 Å². The van der Waals surface area contributed by atoms with Gasteiger partial charge in [0.05, 0.1) is 12.3 Å². The first-order valence-corrected chi connectivity index (χ1v) is 9.44. The Morgan fingerprint density at radius 3 is 2.38 bits per heavy atom. The first-order valence-electron chi connectivity index (χ1n) is 9.03. The standard InChI is InChI=1S/C21H20N4O3S/c1-2-28-19(26)14-25-17(15-9-5-3-6-10-15)13-18(24-25)22-21(29)23-20(27)16-11-7-4-8-12-16/h3-13H,2,14H2,1H3,(H2,22,23,24,27,29). The molecule has 0 saturated heterocycles. The zero-order valence-corrected chi connectivity index (χ0v) is 16.6. The van der Waals surface area contributed by atoms with Crippen LogP contribution < -0.4 is 10.6 Å². The molecule has 8 heteroatoms. The van der Waals surface area contributed by atoms with E-state index < -0.39 is 0 Å². The second-order valence-corrected chi connectivity index (χ2v) is 6.43. The Kier molecular flexibility index (Phi) is 6.70. The molecule has 0 aliphatic heterocycles. The smallest absolute Gasteiger partial charge is 0.327 e. The van der Waals surface area contributed by atoms with Crippen LogP contribution in [0.5, 0.6) is 0 Å².